The van der Waals surface area contributed by atoms with Crippen molar-refractivity contribution in [3.05, 3.63) is 53.8 Å². The van der Waals surface area contributed by atoms with E-state index >= 15 is 0 Å². The predicted molar refractivity (Wildman–Crippen MR) is 77.4 cm³/mol. The first kappa shape index (κ1) is 12.3. The van der Waals surface area contributed by atoms with Crippen LogP contribution in [-0.4, -0.2) is 25.5 Å². The standard InChI is InChI=1S/C15H14N4O/c1-10-12(17-9-16-10)7-8-14(20)15-11-5-3-4-6-13(11)19(2)18-15/h3-9H,1-2H3,(H,16,17)/b8-7+. The summed E-state index contributed by atoms with van der Waals surface area (Å²) in [6.07, 6.45) is 4.82. The average molecular weight is 266 g/mol. The van der Waals surface area contributed by atoms with Gasteiger partial charge in [0.05, 0.1) is 17.5 Å². The Balaban J connectivity index is 1.97. The number of para-hydroxylation sites is 1. The van der Waals surface area contributed by atoms with E-state index in [4.69, 9.17) is 0 Å². The summed E-state index contributed by atoms with van der Waals surface area (Å²) in [6, 6.07) is 7.69. The molecule has 20 heavy (non-hydrogen) atoms. The highest BCUT2D eigenvalue weighted by Crippen LogP contribution is 2.18. The number of H-pyrrole nitrogens is 1. The smallest absolute Gasteiger partial charge is 0.206 e. The summed E-state index contributed by atoms with van der Waals surface area (Å²) < 4.78 is 1.72. The Morgan fingerprint density at radius 1 is 1.35 bits per heavy atom. The molecule has 5 heteroatoms. The lowest BCUT2D eigenvalue weighted by atomic mass is 10.1. The third kappa shape index (κ3) is 2.03. The zero-order valence-electron chi connectivity index (χ0n) is 11.3. The molecular weight excluding hydrogens is 252 g/mol. The Bertz CT molecular complexity index is 810. The van der Waals surface area contributed by atoms with Crippen LogP contribution in [0, 0.1) is 6.92 Å². The fraction of sp³-hybridized carbons (Fsp3) is 0.133. The number of imidazole rings is 1. The second-order valence-electron chi connectivity index (χ2n) is 4.60. The summed E-state index contributed by atoms with van der Waals surface area (Å²) in [7, 11) is 1.83. The van der Waals surface area contributed by atoms with Crippen molar-refractivity contribution in [3.8, 4) is 0 Å². The molecule has 0 amide bonds. The van der Waals surface area contributed by atoms with Crippen LogP contribution >= 0.6 is 0 Å². The molecule has 0 bridgehead atoms. The fourth-order valence-corrected chi connectivity index (χ4v) is 2.17. The molecule has 0 radical (unpaired) electrons. The molecular formula is C15H14N4O. The number of fused-ring (bicyclic) bond motifs is 1. The quantitative estimate of drug-likeness (QED) is 0.585. The van der Waals surface area contributed by atoms with Gasteiger partial charge >= 0.3 is 0 Å². The Hall–Kier alpha value is -2.69. The minimum atomic E-state index is -0.121. The number of nitrogens with one attached hydrogen (secondary N) is 1. The first-order valence-corrected chi connectivity index (χ1v) is 6.31. The molecule has 3 rings (SSSR count). The second kappa shape index (κ2) is 4.77. The predicted octanol–water partition coefficient (Wildman–Crippen LogP) is 2.50. The van der Waals surface area contributed by atoms with Crippen LogP contribution < -0.4 is 0 Å². The third-order valence-electron chi connectivity index (χ3n) is 3.25. The van der Waals surface area contributed by atoms with E-state index in [9.17, 15) is 4.79 Å². The first-order valence-electron chi connectivity index (χ1n) is 6.31. The normalized spacial score (nSPS) is 11.5. The van der Waals surface area contributed by atoms with Crippen LogP contribution in [0.15, 0.2) is 36.7 Å². The summed E-state index contributed by atoms with van der Waals surface area (Å²) in [5.41, 5.74) is 3.10. The van der Waals surface area contributed by atoms with Crippen molar-refractivity contribution >= 4 is 22.8 Å². The molecule has 1 aromatic carbocycles. The van der Waals surface area contributed by atoms with Crippen LogP contribution in [0.3, 0.4) is 0 Å². The van der Waals surface area contributed by atoms with Crippen LogP contribution in [-0.2, 0) is 7.05 Å². The Labute approximate surface area is 116 Å². The summed E-state index contributed by atoms with van der Waals surface area (Å²) in [4.78, 5) is 19.4. The number of benzene rings is 1. The molecule has 2 heterocycles. The molecule has 0 unspecified atom stereocenters. The average Bonchev–Trinajstić information content (AvgIpc) is 3.01. The van der Waals surface area contributed by atoms with Crippen molar-refractivity contribution in [2.24, 2.45) is 7.05 Å². The number of hydrogen-bond acceptors (Lipinski definition) is 3. The Morgan fingerprint density at radius 3 is 2.90 bits per heavy atom. The zero-order chi connectivity index (χ0) is 14.1. The van der Waals surface area contributed by atoms with Gasteiger partial charge in [0.25, 0.3) is 0 Å². The molecule has 2 aromatic heterocycles. The number of rotatable bonds is 3. The molecule has 0 saturated heterocycles. The van der Waals surface area contributed by atoms with Crippen LogP contribution in [0.4, 0.5) is 0 Å². The van der Waals surface area contributed by atoms with Crippen molar-refractivity contribution in [1.82, 2.24) is 19.7 Å². The Morgan fingerprint density at radius 2 is 2.15 bits per heavy atom. The van der Waals surface area contributed by atoms with E-state index in [-0.39, 0.29) is 5.78 Å². The maximum atomic E-state index is 12.3. The lowest BCUT2D eigenvalue weighted by Gasteiger charge is -1.91. The summed E-state index contributed by atoms with van der Waals surface area (Å²) >= 11 is 0. The van der Waals surface area contributed by atoms with E-state index in [0.29, 0.717) is 5.69 Å². The van der Waals surface area contributed by atoms with Gasteiger partial charge in [-0.15, -0.1) is 0 Å². The third-order valence-corrected chi connectivity index (χ3v) is 3.25. The number of carbonyl (C=O) groups excluding carboxylic acids is 1. The Kier molecular flexibility index (Phi) is 2.95. The monoisotopic (exact) mass is 266 g/mol. The number of aromatic nitrogens is 4. The highest BCUT2D eigenvalue weighted by molar-refractivity contribution is 6.13. The van der Waals surface area contributed by atoms with Gasteiger partial charge in [-0.1, -0.05) is 18.2 Å². The fourth-order valence-electron chi connectivity index (χ4n) is 2.17. The van der Waals surface area contributed by atoms with Crippen LogP contribution in [0.25, 0.3) is 17.0 Å². The van der Waals surface area contributed by atoms with Crippen LogP contribution in [0.1, 0.15) is 21.9 Å². The summed E-state index contributed by atoms with van der Waals surface area (Å²) in [5, 5.41) is 5.16. The zero-order valence-corrected chi connectivity index (χ0v) is 11.3. The molecule has 0 aliphatic heterocycles. The SMILES string of the molecule is Cc1[nH]cnc1/C=C/C(=O)c1nn(C)c2ccccc12. The van der Waals surface area contributed by atoms with Crippen molar-refractivity contribution in [2.45, 2.75) is 6.92 Å². The molecule has 0 atom stereocenters. The maximum absolute atomic E-state index is 12.3. The molecule has 3 aromatic rings. The van der Waals surface area contributed by atoms with Gasteiger partial charge in [0, 0.05) is 18.1 Å². The van der Waals surface area contributed by atoms with Crippen LogP contribution in [0.2, 0.25) is 0 Å². The van der Waals surface area contributed by atoms with E-state index in [0.717, 1.165) is 22.3 Å². The molecule has 0 fully saturated rings. The molecule has 0 aliphatic rings. The molecule has 5 nitrogen and oxygen atoms in total. The van der Waals surface area contributed by atoms with E-state index < -0.39 is 0 Å². The van der Waals surface area contributed by atoms with Crippen molar-refractivity contribution in [2.75, 3.05) is 0 Å². The van der Waals surface area contributed by atoms with E-state index in [1.807, 2.05) is 38.2 Å². The van der Waals surface area contributed by atoms with Gasteiger partial charge < -0.3 is 4.98 Å². The maximum Gasteiger partial charge on any atom is 0.206 e. The van der Waals surface area contributed by atoms with Gasteiger partial charge in [-0.2, -0.15) is 5.10 Å². The summed E-state index contributed by atoms with van der Waals surface area (Å²) in [6.45, 7) is 1.91. The van der Waals surface area contributed by atoms with Gasteiger partial charge in [0.15, 0.2) is 0 Å². The van der Waals surface area contributed by atoms with Crippen molar-refractivity contribution < 1.29 is 4.79 Å². The lowest BCUT2D eigenvalue weighted by Crippen LogP contribution is -1.98. The highest BCUT2D eigenvalue weighted by Gasteiger charge is 2.13. The van der Waals surface area contributed by atoms with E-state index in [2.05, 4.69) is 15.1 Å². The summed E-state index contributed by atoms with van der Waals surface area (Å²) in [5.74, 6) is -0.121. The van der Waals surface area contributed by atoms with Crippen LogP contribution in [0.5, 0.6) is 0 Å². The first-order chi connectivity index (χ1) is 9.66. The lowest BCUT2D eigenvalue weighted by molar-refractivity contribution is 0.104. The van der Waals surface area contributed by atoms with Gasteiger partial charge in [-0.25, -0.2) is 4.98 Å². The van der Waals surface area contributed by atoms with Gasteiger partial charge in [0.1, 0.15) is 5.69 Å². The number of allylic oxidation sites excluding steroid dienone is 1. The minimum absolute atomic E-state index is 0.121. The molecule has 0 saturated carbocycles. The molecule has 100 valence electrons. The number of aromatic amines is 1. The van der Waals surface area contributed by atoms with Gasteiger partial charge in [-0.05, 0) is 25.1 Å². The van der Waals surface area contributed by atoms with Crippen molar-refractivity contribution in [3.63, 3.8) is 0 Å². The second-order valence-corrected chi connectivity index (χ2v) is 4.60. The van der Waals surface area contributed by atoms with Gasteiger partial charge in [0.2, 0.25) is 5.78 Å². The molecule has 0 aliphatic carbocycles. The number of nitrogens with zero attached hydrogens (tertiary/aromatic N) is 3. The highest BCUT2D eigenvalue weighted by atomic mass is 16.1. The molecule has 0 spiro atoms. The van der Waals surface area contributed by atoms with Gasteiger partial charge in [-0.3, -0.25) is 9.48 Å². The minimum Gasteiger partial charge on any atom is -0.348 e. The number of ketones is 1. The number of aryl methyl sites for hydroxylation is 2. The largest absolute Gasteiger partial charge is 0.348 e. The van der Waals surface area contributed by atoms with E-state index in [1.54, 1.807) is 17.1 Å². The molecule has 1 N–H and O–H groups in total. The number of carbonyl (C=O) groups is 1. The van der Waals surface area contributed by atoms with E-state index in [1.165, 1.54) is 6.08 Å². The topological polar surface area (TPSA) is 63.6 Å². The van der Waals surface area contributed by atoms with Crippen molar-refractivity contribution in [1.29, 1.82) is 0 Å². The number of hydrogen-bond donors (Lipinski definition) is 1.